The van der Waals surface area contributed by atoms with Gasteiger partial charge in [-0.2, -0.15) is 0 Å². The summed E-state index contributed by atoms with van der Waals surface area (Å²) >= 11 is 0. The third-order valence-corrected chi connectivity index (χ3v) is 5.63. The zero-order valence-electron chi connectivity index (χ0n) is 21.4. The van der Waals surface area contributed by atoms with Crippen molar-refractivity contribution in [3.8, 4) is 0 Å². The summed E-state index contributed by atoms with van der Waals surface area (Å²) in [6.45, 7) is 9.51. The molecule has 186 valence electrons. The zero-order chi connectivity index (χ0) is 24.8. The van der Waals surface area contributed by atoms with E-state index in [4.69, 9.17) is 0 Å². The first-order valence-corrected chi connectivity index (χ1v) is 12.6. The molecule has 0 bridgehead atoms. The molecule has 0 fully saturated rings. The van der Waals surface area contributed by atoms with Crippen LogP contribution in [0.25, 0.3) is 0 Å². The second-order valence-corrected chi connectivity index (χ2v) is 9.34. The fourth-order valence-corrected chi connectivity index (χ4v) is 4.16. The molecule has 34 heavy (non-hydrogen) atoms. The Balaban J connectivity index is 1.40. The molecule has 6 heteroatoms. The van der Waals surface area contributed by atoms with Crippen LogP contribution in [0.2, 0.25) is 0 Å². The topological polar surface area (TPSA) is 82.3 Å². The second kappa shape index (κ2) is 15.0. The van der Waals surface area contributed by atoms with Gasteiger partial charge in [-0.05, 0) is 87.1 Å². The fraction of sp³-hybridized carbons (Fsp3) is 0.500. The molecule has 4 N–H and O–H groups in total. The predicted octanol–water partition coefficient (Wildman–Crippen LogP) is 6.98. The van der Waals surface area contributed by atoms with Gasteiger partial charge in [0, 0.05) is 24.5 Å². The summed E-state index contributed by atoms with van der Waals surface area (Å²) in [4.78, 5) is 24.0. The third kappa shape index (κ3) is 11.7. The number of urea groups is 2. The van der Waals surface area contributed by atoms with E-state index >= 15 is 0 Å². The van der Waals surface area contributed by atoms with Crippen LogP contribution in [0.5, 0.6) is 0 Å². The minimum absolute atomic E-state index is 0.138. The molecule has 0 unspecified atom stereocenters. The Hall–Kier alpha value is -3.02. The summed E-state index contributed by atoms with van der Waals surface area (Å²) in [6.07, 6.45) is 9.08. The molecule has 0 aliphatic carbocycles. The number of anilines is 2. The normalized spacial score (nSPS) is 10.6. The lowest BCUT2D eigenvalue weighted by Gasteiger charge is -2.09. The van der Waals surface area contributed by atoms with Crippen LogP contribution in [-0.2, 0) is 0 Å². The summed E-state index contributed by atoms with van der Waals surface area (Å²) in [7, 11) is 0. The van der Waals surface area contributed by atoms with E-state index in [1.807, 2.05) is 52.0 Å². The number of carbonyl (C=O) groups is 2. The van der Waals surface area contributed by atoms with Gasteiger partial charge < -0.3 is 21.3 Å². The maximum Gasteiger partial charge on any atom is 0.319 e. The van der Waals surface area contributed by atoms with Gasteiger partial charge >= 0.3 is 12.1 Å². The first kappa shape index (κ1) is 27.2. The van der Waals surface area contributed by atoms with Crippen LogP contribution in [0, 0.1) is 27.7 Å². The Morgan fingerprint density at radius 1 is 0.500 bits per heavy atom. The third-order valence-electron chi connectivity index (χ3n) is 5.63. The summed E-state index contributed by atoms with van der Waals surface area (Å²) in [5.41, 5.74) is 6.25. The van der Waals surface area contributed by atoms with Crippen molar-refractivity contribution in [3.63, 3.8) is 0 Å². The van der Waals surface area contributed by atoms with E-state index in [0.717, 1.165) is 59.3 Å². The van der Waals surface area contributed by atoms with Gasteiger partial charge in [0.15, 0.2) is 0 Å². The molecular formula is C28H42N4O2. The molecule has 0 aliphatic rings. The molecule has 2 aromatic carbocycles. The van der Waals surface area contributed by atoms with Crippen molar-refractivity contribution in [1.29, 1.82) is 0 Å². The molecule has 0 aliphatic heterocycles. The molecule has 2 aromatic rings. The van der Waals surface area contributed by atoms with Crippen LogP contribution in [-0.4, -0.2) is 25.2 Å². The van der Waals surface area contributed by atoms with E-state index < -0.39 is 0 Å². The number of hydrogen-bond donors (Lipinski definition) is 4. The molecule has 0 aromatic heterocycles. The van der Waals surface area contributed by atoms with Gasteiger partial charge in [-0.15, -0.1) is 0 Å². The van der Waals surface area contributed by atoms with E-state index in [0.29, 0.717) is 13.1 Å². The number of rotatable bonds is 13. The van der Waals surface area contributed by atoms with E-state index in [-0.39, 0.29) is 12.1 Å². The Morgan fingerprint density at radius 3 is 1.12 bits per heavy atom. The highest BCUT2D eigenvalue weighted by Gasteiger charge is 2.03. The van der Waals surface area contributed by atoms with Crippen molar-refractivity contribution in [2.24, 2.45) is 0 Å². The Labute approximate surface area is 205 Å². The van der Waals surface area contributed by atoms with Crippen LogP contribution in [0.3, 0.4) is 0 Å². The summed E-state index contributed by atoms with van der Waals surface area (Å²) in [5, 5.41) is 11.7. The van der Waals surface area contributed by atoms with Gasteiger partial charge in [-0.1, -0.05) is 50.7 Å². The lowest BCUT2D eigenvalue weighted by molar-refractivity contribution is 0.251. The van der Waals surface area contributed by atoms with Crippen molar-refractivity contribution in [2.75, 3.05) is 23.7 Å². The average molecular weight is 467 g/mol. The summed E-state index contributed by atoms with van der Waals surface area (Å²) in [6, 6.07) is 11.8. The highest BCUT2D eigenvalue weighted by atomic mass is 16.2. The monoisotopic (exact) mass is 466 g/mol. The zero-order valence-corrected chi connectivity index (χ0v) is 21.4. The van der Waals surface area contributed by atoms with E-state index in [1.165, 1.54) is 25.7 Å². The van der Waals surface area contributed by atoms with Crippen LogP contribution in [0.15, 0.2) is 36.4 Å². The van der Waals surface area contributed by atoms with E-state index in [2.05, 4.69) is 33.4 Å². The lowest BCUT2D eigenvalue weighted by atomic mass is 10.1. The second-order valence-electron chi connectivity index (χ2n) is 9.34. The SMILES string of the molecule is Cc1cc(C)cc(NC(=O)NCCCCCCCCCCNC(=O)Nc2cc(C)cc(C)c2)c1. The maximum atomic E-state index is 12.0. The smallest absolute Gasteiger partial charge is 0.319 e. The molecule has 2 rings (SSSR count). The summed E-state index contributed by atoms with van der Waals surface area (Å²) in [5.74, 6) is 0. The van der Waals surface area contributed by atoms with Crippen molar-refractivity contribution >= 4 is 23.4 Å². The highest BCUT2D eigenvalue weighted by molar-refractivity contribution is 5.89. The largest absolute Gasteiger partial charge is 0.338 e. The van der Waals surface area contributed by atoms with Crippen LogP contribution < -0.4 is 21.3 Å². The molecule has 0 saturated heterocycles. The maximum absolute atomic E-state index is 12.0. The first-order valence-electron chi connectivity index (χ1n) is 12.6. The number of carbonyl (C=O) groups excluding carboxylic acids is 2. The van der Waals surface area contributed by atoms with Gasteiger partial charge in [-0.3, -0.25) is 0 Å². The van der Waals surface area contributed by atoms with Gasteiger partial charge in [0.2, 0.25) is 0 Å². The molecule has 0 spiro atoms. The number of benzene rings is 2. The Bertz CT molecular complexity index is 811. The molecular weight excluding hydrogens is 424 g/mol. The minimum Gasteiger partial charge on any atom is -0.338 e. The van der Waals surface area contributed by atoms with E-state index in [9.17, 15) is 9.59 Å². The Morgan fingerprint density at radius 2 is 0.794 bits per heavy atom. The van der Waals surface area contributed by atoms with Gasteiger partial charge in [0.1, 0.15) is 0 Å². The Kier molecular flexibility index (Phi) is 12.0. The number of hydrogen-bond acceptors (Lipinski definition) is 2. The highest BCUT2D eigenvalue weighted by Crippen LogP contribution is 2.14. The first-order chi connectivity index (χ1) is 16.3. The van der Waals surface area contributed by atoms with Gasteiger partial charge in [0.05, 0.1) is 0 Å². The van der Waals surface area contributed by atoms with Gasteiger partial charge in [-0.25, -0.2) is 9.59 Å². The molecule has 4 amide bonds. The molecule has 0 saturated carbocycles. The number of nitrogens with one attached hydrogen (secondary N) is 4. The molecule has 0 radical (unpaired) electrons. The molecule has 0 atom stereocenters. The van der Waals surface area contributed by atoms with E-state index in [1.54, 1.807) is 0 Å². The number of unbranched alkanes of at least 4 members (excludes halogenated alkanes) is 7. The number of aryl methyl sites for hydroxylation is 4. The van der Waals surface area contributed by atoms with Crippen molar-refractivity contribution in [2.45, 2.75) is 79.1 Å². The standard InChI is InChI=1S/C28H42N4O2/c1-21-15-22(2)18-25(17-21)31-27(33)29-13-11-9-7-5-6-8-10-12-14-30-28(34)32-26-19-23(3)16-24(4)20-26/h15-20H,5-14H2,1-4H3,(H2,29,31,33)(H2,30,32,34). The predicted molar refractivity (Wildman–Crippen MR) is 143 cm³/mol. The van der Waals surface area contributed by atoms with Crippen molar-refractivity contribution < 1.29 is 9.59 Å². The fourth-order valence-electron chi connectivity index (χ4n) is 4.16. The minimum atomic E-state index is -0.138. The van der Waals surface area contributed by atoms with Crippen LogP contribution >= 0.6 is 0 Å². The van der Waals surface area contributed by atoms with Crippen molar-refractivity contribution in [3.05, 3.63) is 58.7 Å². The van der Waals surface area contributed by atoms with Crippen LogP contribution in [0.4, 0.5) is 21.0 Å². The van der Waals surface area contributed by atoms with Gasteiger partial charge in [0.25, 0.3) is 0 Å². The van der Waals surface area contributed by atoms with Crippen molar-refractivity contribution in [1.82, 2.24) is 10.6 Å². The lowest BCUT2D eigenvalue weighted by Crippen LogP contribution is -2.29. The molecule has 0 heterocycles. The molecule has 6 nitrogen and oxygen atoms in total. The average Bonchev–Trinajstić information content (AvgIpc) is 2.73. The number of amides is 4. The summed E-state index contributed by atoms with van der Waals surface area (Å²) < 4.78 is 0. The quantitative estimate of drug-likeness (QED) is 0.240. The van der Waals surface area contributed by atoms with Crippen LogP contribution in [0.1, 0.15) is 73.6 Å².